The number of hydrogen-bond donors (Lipinski definition) is 1. The van der Waals surface area contributed by atoms with Gasteiger partial charge < -0.3 is 4.90 Å². The van der Waals surface area contributed by atoms with Crippen LogP contribution in [0.25, 0.3) is 0 Å². The molecule has 0 aromatic heterocycles. The summed E-state index contributed by atoms with van der Waals surface area (Å²) in [5.41, 5.74) is 0. The second kappa shape index (κ2) is 7.19. The summed E-state index contributed by atoms with van der Waals surface area (Å²) in [7, 11) is -3.64. The van der Waals surface area contributed by atoms with Crippen molar-refractivity contribution in [3.63, 3.8) is 0 Å². The van der Waals surface area contributed by atoms with E-state index in [1.54, 1.807) is 0 Å². The molecule has 1 aromatic rings. The number of hydrogen-bond acceptors (Lipinski definition) is 3. The minimum absolute atomic E-state index is 0.0292. The van der Waals surface area contributed by atoms with Crippen LogP contribution in [-0.2, 0) is 10.0 Å². The zero-order chi connectivity index (χ0) is 14.5. The molecular formula is C12H18ClFN2O2S. The van der Waals surface area contributed by atoms with E-state index in [1.807, 2.05) is 13.8 Å². The maximum absolute atomic E-state index is 13.0. The van der Waals surface area contributed by atoms with Gasteiger partial charge in [-0.2, -0.15) is 0 Å². The molecule has 4 nitrogen and oxygen atoms in total. The Labute approximate surface area is 118 Å². The molecule has 0 saturated heterocycles. The highest BCUT2D eigenvalue weighted by atomic mass is 35.5. The van der Waals surface area contributed by atoms with E-state index >= 15 is 0 Å². The molecule has 0 amide bonds. The number of sulfonamides is 1. The molecular weight excluding hydrogens is 291 g/mol. The molecule has 0 aliphatic rings. The van der Waals surface area contributed by atoms with E-state index in [9.17, 15) is 12.8 Å². The van der Waals surface area contributed by atoms with Crippen LogP contribution < -0.4 is 4.72 Å². The van der Waals surface area contributed by atoms with Gasteiger partial charge in [-0.3, -0.25) is 0 Å². The third kappa shape index (κ3) is 4.72. The van der Waals surface area contributed by atoms with Gasteiger partial charge in [0.2, 0.25) is 10.0 Å². The van der Waals surface area contributed by atoms with Gasteiger partial charge in [-0.1, -0.05) is 25.4 Å². The van der Waals surface area contributed by atoms with Gasteiger partial charge in [-0.05, 0) is 31.3 Å². The van der Waals surface area contributed by atoms with Crippen molar-refractivity contribution >= 4 is 21.6 Å². The zero-order valence-electron chi connectivity index (χ0n) is 11.0. The Morgan fingerprint density at radius 3 is 2.47 bits per heavy atom. The largest absolute Gasteiger partial charge is 0.303 e. The second-order valence-electron chi connectivity index (χ2n) is 4.00. The number of nitrogens with one attached hydrogen (secondary N) is 1. The van der Waals surface area contributed by atoms with Gasteiger partial charge in [0.05, 0.1) is 9.92 Å². The van der Waals surface area contributed by atoms with Gasteiger partial charge in [-0.15, -0.1) is 0 Å². The fourth-order valence-corrected chi connectivity index (χ4v) is 2.90. The Bertz CT molecular complexity index is 518. The molecule has 0 spiro atoms. The normalized spacial score (nSPS) is 12.1. The third-order valence-electron chi connectivity index (χ3n) is 2.82. The van der Waals surface area contributed by atoms with E-state index in [4.69, 9.17) is 11.6 Å². The van der Waals surface area contributed by atoms with E-state index in [2.05, 4.69) is 9.62 Å². The average molecular weight is 309 g/mol. The molecule has 1 aromatic carbocycles. The van der Waals surface area contributed by atoms with Crippen LogP contribution in [0.15, 0.2) is 23.1 Å². The van der Waals surface area contributed by atoms with Crippen molar-refractivity contribution in [2.75, 3.05) is 26.2 Å². The summed E-state index contributed by atoms with van der Waals surface area (Å²) in [6.45, 7) is 6.68. The highest BCUT2D eigenvalue weighted by Gasteiger charge is 2.15. The summed E-state index contributed by atoms with van der Waals surface area (Å²) in [6, 6.07) is 3.35. The highest BCUT2D eigenvalue weighted by Crippen LogP contribution is 2.19. The van der Waals surface area contributed by atoms with E-state index in [-0.39, 0.29) is 9.92 Å². The average Bonchev–Trinajstić information content (AvgIpc) is 2.37. The molecule has 19 heavy (non-hydrogen) atoms. The van der Waals surface area contributed by atoms with E-state index in [0.717, 1.165) is 25.2 Å². The van der Waals surface area contributed by atoms with Crippen LogP contribution in [-0.4, -0.2) is 39.5 Å². The molecule has 108 valence electrons. The van der Waals surface area contributed by atoms with Crippen LogP contribution >= 0.6 is 11.6 Å². The predicted molar refractivity (Wildman–Crippen MR) is 74.4 cm³/mol. The first-order valence-electron chi connectivity index (χ1n) is 6.07. The molecule has 0 aliphatic carbocycles. The van der Waals surface area contributed by atoms with Gasteiger partial charge in [0, 0.05) is 13.1 Å². The van der Waals surface area contributed by atoms with E-state index in [1.165, 1.54) is 6.07 Å². The van der Waals surface area contributed by atoms with Crippen molar-refractivity contribution in [2.45, 2.75) is 18.7 Å². The number of nitrogens with zero attached hydrogens (tertiary/aromatic N) is 1. The standard InChI is InChI=1S/C12H18ClFN2O2S/c1-3-16(4-2)8-7-15-19(17,18)10-5-6-12(14)11(13)9-10/h5-6,9,15H,3-4,7-8H2,1-2H3. The van der Waals surface area contributed by atoms with Gasteiger partial charge in [-0.25, -0.2) is 17.5 Å². The Hall–Kier alpha value is -0.690. The molecule has 0 saturated carbocycles. The van der Waals surface area contributed by atoms with E-state index in [0.29, 0.717) is 13.1 Å². The lowest BCUT2D eigenvalue weighted by molar-refractivity contribution is 0.309. The summed E-state index contributed by atoms with van der Waals surface area (Å²) in [5.74, 6) is -0.635. The van der Waals surface area contributed by atoms with Crippen LogP contribution in [0.3, 0.4) is 0 Å². The smallest absolute Gasteiger partial charge is 0.240 e. The minimum Gasteiger partial charge on any atom is -0.303 e. The van der Waals surface area contributed by atoms with Gasteiger partial charge in [0.25, 0.3) is 0 Å². The molecule has 7 heteroatoms. The molecule has 0 radical (unpaired) electrons. The van der Waals surface area contributed by atoms with Crippen LogP contribution in [0.5, 0.6) is 0 Å². The number of likely N-dealkylation sites (N-methyl/N-ethyl adjacent to an activating group) is 1. The lowest BCUT2D eigenvalue weighted by Gasteiger charge is -2.18. The van der Waals surface area contributed by atoms with Crippen molar-refractivity contribution in [3.05, 3.63) is 29.0 Å². The molecule has 0 heterocycles. The maximum Gasteiger partial charge on any atom is 0.240 e. The summed E-state index contributed by atoms with van der Waals surface area (Å²) >= 11 is 5.57. The second-order valence-corrected chi connectivity index (χ2v) is 6.17. The number of halogens is 2. The van der Waals surface area contributed by atoms with Crippen LogP contribution in [0.1, 0.15) is 13.8 Å². The number of rotatable bonds is 7. The molecule has 0 atom stereocenters. The number of benzene rings is 1. The van der Waals surface area contributed by atoms with Gasteiger partial charge in [0.1, 0.15) is 5.82 Å². The molecule has 0 unspecified atom stereocenters. The van der Waals surface area contributed by atoms with E-state index < -0.39 is 15.8 Å². The minimum atomic E-state index is -3.64. The Morgan fingerprint density at radius 2 is 1.95 bits per heavy atom. The quantitative estimate of drug-likeness (QED) is 0.839. The topological polar surface area (TPSA) is 49.4 Å². The molecule has 0 aliphatic heterocycles. The SMILES string of the molecule is CCN(CC)CCNS(=O)(=O)c1ccc(F)c(Cl)c1. The van der Waals surface area contributed by atoms with Crippen molar-refractivity contribution < 1.29 is 12.8 Å². The van der Waals surface area contributed by atoms with Crippen molar-refractivity contribution in [2.24, 2.45) is 0 Å². The summed E-state index contributed by atoms with van der Waals surface area (Å²) in [6.07, 6.45) is 0. The summed E-state index contributed by atoms with van der Waals surface area (Å²) < 4.78 is 39.3. The first kappa shape index (κ1) is 16.4. The zero-order valence-corrected chi connectivity index (χ0v) is 12.6. The lowest BCUT2D eigenvalue weighted by atomic mass is 10.3. The summed E-state index contributed by atoms with van der Waals surface area (Å²) in [4.78, 5) is 2.07. The monoisotopic (exact) mass is 308 g/mol. The first-order chi connectivity index (χ1) is 8.90. The van der Waals surface area contributed by atoms with Crippen LogP contribution in [0.2, 0.25) is 5.02 Å². The Balaban J connectivity index is 2.68. The fourth-order valence-electron chi connectivity index (χ4n) is 1.61. The molecule has 0 bridgehead atoms. The fraction of sp³-hybridized carbons (Fsp3) is 0.500. The first-order valence-corrected chi connectivity index (χ1v) is 7.94. The van der Waals surface area contributed by atoms with Crippen LogP contribution in [0.4, 0.5) is 4.39 Å². The predicted octanol–water partition coefficient (Wildman–Crippen LogP) is 2.10. The third-order valence-corrected chi connectivity index (χ3v) is 4.56. The maximum atomic E-state index is 13.0. The highest BCUT2D eigenvalue weighted by molar-refractivity contribution is 7.89. The Morgan fingerprint density at radius 1 is 1.32 bits per heavy atom. The Kier molecular flexibility index (Phi) is 6.19. The van der Waals surface area contributed by atoms with Crippen molar-refractivity contribution in [1.82, 2.24) is 9.62 Å². The molecule has 0 fully saturated rings. The van der Waals surface area contributed by atoms with Crippen molar-refractivity contribution in [1.29, 1.82) is 0 Å². The summed E-state index contributed by atoms with van der Waals surface area (Å²) in [5, 5.41) is -0.202. The van der Waals surface area contributed by atoms with Gasteiger partial charge in [0.15, 0.2) is 0 Å². The van der Waals surface area contributed by atoms with Gasteiger partial charge >= 0.3 is 0 Å². The molecule has 1 rings (SSSR count). The lowest BCUT2D eigenvalue weighted by Crippen LogP contribution is -2.34. The van der Waals surface area contributed by atoms with Crippen LogP contribution in [0, 0.1) is 5.82 Å². The molecule has 1 N–H and O–H groups in total. The van der Waals surface area contributed by atoms with Crippen molar-refractivity contribution in [3.8, 4) is 0 Å².